The Bertz CT molecular complexity index is 344. The fourth-order valence-corrected chi connectivity index (χ4v) is 1.05. The normalized spacial score (nSPS) is 11.9. The van der Waals surface area contributed by atoms with E-state index in [1.54, 1.807) is 12.4 Å². The first kappa shape index (κ1) is 11.5. The molecular weight excluding hydrogens is 188 g/mol. The van der Waals surface area contributed by atoms with Gasteiger partial charge in [0.05, 0.1) is 11.9 Å². The number of aryl methyl sites for hydroxylation is 1. The van der Waals surface area contributed by atoms with Crippen LogP contribution in [0.1, 0.15) is 19.4 Å². The van der Waals surface area contributed by atoms with Crippen LogP contribution in [-0.2, 0) is 0 Å². The predicted molar refractivity (Wildman–Crippen MR) is 63.9 cm³/mol. The lowest BCUT2D eigenvalue weighted by Gasteiger charge is -2.08. The summed E-state index contributed by atoms with van der Waals surface area (Å²) in [4.78, 5) is 8.24. The second kappa shape index (κ2) is 5.34. The molecule has 15 heavy (non-hydrogen) atoms. The first-order chi connectivity index (χ1) is 7.09. The van der Waals surface area contributed by atoms with E-state index < -0.39 is 0 Å². The number of anilines is 1. The molecule has 4 heteroatoms. The summed E-state index contributed by atoms with van der Waals surface area (Å²) >= 11 is 0. The van der Waals surface area contributed by atoms with Crippen LogP contribution >= 0.6 is 0 Å². The van der Waals surface area contributed by atoms with E-state index in [0.29, 0.717) is 11.9 Å². The number of nitrogens with two attached hydrogens (primary N) is 1. The van der Waals surface area contributed by atoms with E-state index in [-0.39, 0.29) is 0 Å². The average molecular weight is 206 g/mol. The second-order valence-electron chi connectivity index (χ2n) is 3.94. The van der Waals surface area contributed by atoms with Crippen molar-refractivity contribution < 1.29 is 0 Å². The van der Waals surface area contributed by atoms with Crippen molar-refractivity contribution in [3.63, 3.8) is 0 Å². The summed E-state index contributed by atoms with van der Waals surface area (Å²) in [5.41, 5.74) is 7.74. The Morgan fingerprint density at radius 3 is 2.93 bits per heavy atom. The van der Waals surface area contributed by atoms with Gasteiger partial charge in [0, 0.05) is 12.7 Å². The molecule has 1 rings (SSSR count). The van der Waals surface area contributed by atoms with Gasteiger partial charge in [0.1, 0.15) is 0 Å². The summed E-state index contributed by atoms with van der Waals surface area (Å²) < 4.78 is 0. The first-order valence-corrected chi connectivity index (χ1v) is 5.07. The van der Waals surface area contributed by atoms with Crippen LogP contribution in [0.15, 0.2) is 23.5 Å². The third-order valence-corrected chi connectivity index (χ3v) is 1.93. The van der Waals surface area contributed by atoms with Crippen LogP contribution < -0.4 is 11.1 Å². The molecule has 1 heterocycles. The van der Waals surface area contributed by atoms with Gasteiger partial charge in [-0.3, -0.25) is 9.98 Å². The lowest BCUT2D eigenvalue weighted by atomic mass is 10.2. The van der Waals surface area contributed by atoms with Crippen LogP contribution in [-0.4, -0.2) is 17.5 Å². The molecule has 4 nitrogen and oxygen atoms in total. The Morgan fingerprint density at radius 2 is 2.33 bits per heavy atom. The zero-order valence-corrected chi connectivity index (χ0v) is 9.49. The van der Waals surface area contributed by atoms with Crippen molar-refractivity contribution in [3.05, 3.63) is 24.0 Å². The fraction of sp³-hybridized carbons (Fsp3) is 0.455. The molecule has 0 radical (unpaired) electrons. The number of guanidine groups is 1. The third-order valence-electron chi connectivity index (χ3n) is 1.93. The van der Waals surface area contributed by atoms with E-state index in [4.69, 9.17) is 5.73 Å². The van der Waals surface area contributed by atoms with E-state index in [1.165, 1.54) is 0 Å². The Kier molecular flexibility index (Phi) is 4.09. The molecule has 0 spiro atoms. The number of hydrogen-bond donors (Lipinski definition) is 2. The molecule has 0 saturated carbocycles. The Morgan fingerprint density at radius 1 is 1.60 bits per heavy atom. The van der Waals surface area contributed by atoms with Crippen molar-refractivity contribution in [1.82, 2.24) is 4.98 Å². The summed E-state index contributed by atoms with van der Waals surface area (Å²) in [7, 11) is 0. The molecule has 0 fully saturated rings. The van der Waals surface area contributed by atoms with E-state index >= 15 is 0 Å². The molecule has 0 bridgehead atoms. The van der Waals surface area contributed by atoms with Crippen LogP contribution in [0.3, 0.4) is 0 Å². The van der Waals surface area contributed by atoms with E-state index in [0.717, 1.165) is 17.8 Å². The standard InChI is InChI=1S/C11H18N4/c1-8(2)6-14-11(12)15-10-7-13-5-4-9(10)3/h4-5,7-8H,6H2,1-3H3,(H3,12,14,15). The molecule has 3 N–H and O–H groups in total. The maximum Gasteiger partial charge on any atom is 0.193 e. The molecule has 1 aromatic rings. The molecular formula is C11H18N4. The summed E-state index contributed by atoms with van der Waals surface area (Å²) in [6.45, 7) is 6.94. The monoisotopic (exact) mass is 206 g/mol. The van der Waals surface area contributed by atoms with Crippen molar-refractivity contribution >= 4 is 11.6 Å². The highest BCUT2D eigenvalue weighted by atomic mass is 15.1. The quantitative estimate of drug-likeness (QED) is 0.585. The molecule has 1 aromatic heterocycles. The summed E-state index contributed by atoms with van der Waals surface area (Å²) in [5, 5.41) is 3.03. The van der Waals surface area contributed by atoms with Gasteiger partial charge in [0.15, 0.2) is 5.96 Å². The lowest BCUT2D eigenvalue weighted by Crippen LogP contribution is -2.24. The Labute approximate surface area is 90.6 Å². The van der Waals surface area contributed by atoms with Crippen molar-refractivity contribution in [2.75, 3.05) is 11.9 Å². The van der Waals surface area contributed by atoms with Gasteiger partial charge in [-0.2, -0.15) is 0 Å². The number of nitrogens with one attached hydrogen (secondary N) is 1. The van der Waals surface area contributed by atoms with Crippen molar-refractivity contribution in [3.8, 4) is 0 Å². The zero-order chi connectivity index (χ0) is 11.3. The summed E-state index contributed by atoms with van der Waals surface area (Å²) in [6.07, 6.45) is 3.50. The number of aliphatic imine (C=N–C) groups is 1. The van der Waals surface area contributed by atoms with Gasteiger partial charge in [0.2, 0.25) is 0 Å². The average Bonchev–Trinajstić information content (AvgIpc) is 2.18. The van der Waals surface area contributed by atoms with Gasteiger partial charge < -0.3 is 11.1 Å². The first-order valence-electron chi connectivity index (χ1n) is 5.07. The van der Waals surface area contributed by atoms with Gasteiger partial charge in [-0.15, -0.1) is 0 Å². The van der Waals surface area contributed by atoms with E-state index in [9.17, 15) is 0 Å². The van der Waals surface area contributed by atoms with Gasteiger partial charge in [-0.25, -0.2) is 0 Å². The van der Waals surface area contributed by atoms with Crippen LogP contribution in [0.5, 0.6) is 0 Å². The minimum Gasteiger partial charge on any atom is -0.370 e. The number of nitrogens with zero attached hydrogens (tertiary/aromatic N) is 2. The third kappa shape index (κ3) is 3.97. The summed E-state index contributed by atoms with van der Waals surface area (Å²) in [6, 6.07) is 1.93. The molecule has 0 aromatic carbocycles. The van der Waals surface area contributed by atoms with Crippen LogP contribution in [0.2, 0.25) is 0 Å². The SMILES string of the molecule is Cc1ccncc1NC(N)=NCC(C)C. The molecule has 0 aliphatic heterocycles. The molecule has 0 aliphatic rings. The second-order valence-corrected chi connectivity index (χ2v) is 3.94. The van der Waals surface area contributed by atoms with Crippen molar-refractivity contribution in [2.45, 2.75) is 20.8 Å². The molecule has 82 valence electrons. The maximum atomic E-state index is 5.73. The van der Waals surface area contributed by atoms with Crippen molar-refractivity contribution in [2.24, 2.45) is 16.6 Å². The number of hydrogen-bond acceptors (Lipinski definition) is 2. The topological polar surface area (TPSA) is 63.3 Å². The lowest BCUT2D eigenvalue weighted by molar-refractivity contribution is 0.665. The van der Waals surface area contributed by atoms with Gasteiger partial charge >= 0.3 is 0 Å². The number of rotatable bonds is 3. The van der Waals surface area contributed by atoms with Gasteiger partial charge in [0.25, 0.3) is 0 Å². The van der Waals surface area contributed by atoms with E-state index in [2.05, 4.69) is 29.1 Å². The van der Waals surface area contributed by atoms with Gasteiger partial charge in [-0.1, -0.05) is 13.8 Å². The van der Waals surface area contributed by atoms with E-state index in [1.807, 2.05) is 13.0 Å². The number of aromatic nitrogens is 1. The maximum absolute atomic E-state index is 5.73. The predicted octanol–water partition coefficient (Wildman–Crippen LogP) is 1.77. The van der Waals surface area contributed by atoms with Gasteiger partial charge in [-0.05, 0) is 24.5 Å². The molecule has 0 aliphatic carbocycles. The molecule has 0 atom stereocenters. The molecule has 0 unspecified atom stereocenters. The number of pyridine rings is 1. The largest absolute Gasteiger partial charge is 0.370 e. The highest BCUT2D eigenvalue weighted by Gasteiger charge is 1.99. The zero-order valence-electron chi connectivity index (χ0n) is 9.49. The van der Waals surface area contributed by atoms with Crippen LogP contribution in [0.25, 0.3) is 0 Å². The van der Waals surface area contributed by atoms with Crippen LogP contribution in [0, 0.1) is 12.8 Å². The minimum absolute atomic E-state index is 0.444. The highest BCUT2D eigenvalue weighted by Crippen LogP contribution is 2.10. The molecule has 0 amide bonds. The Hall–Kier alpha value is -1.58. The molecule has 0 saturated heterocycles. The van der Waals surface area contributed by atoms with Crippen LogP contribution in [0.4, 0.5) is 5.69 Å². The van der Waals surface area contributed by atoms with Crippen molar-refractivity contribution in [1.29, 1.82) is 0 Å². The summed E-state index contributed by atoms with van der Waals surface area (Å²) in [5.74, 6) is 0.958. The minimum atomic E-state index is 0.444. The highest BCUT2D eigenvalue weighted by molar-refractivity contribution is 5.92. The smallest absolute Gasteiger partial charge is 0.193 e. The Balaban J connectivity index is 2.62. The fourth-order valence-electron chi connectivity index (χ4n) is 1.05.